The number of aliphatic hydroxyl groups is 4. The number of carbonyl (C=O) groups excluding carboxylic acids is 1. The van der Waals surface area contributed by atoms with E-state index in [0.29, 0.717) is 23.1 Å². The summed E-state index contributed by atoms with van der Waals surface area (Å²) in [5.74, 6) is -4.98. The molecule has 3 aliphatic heterocycles. The second kappa shape index (κ2) is 11.7. The van der Waals surface area contributed by atoms with Crippen LogP contribution in [0.5, 0.6) is 0 Å². The molecule has 14 atom stereocenters. The molecule has 0 aromatic heterocycles. The van der Waals surface area contributed by atoms with E-state index in [2.05, 4.69) is 13.5 Å². The lowest BCUT2D eigenvalue weighted by Crippen LogP contribution is -2.76. The lowest BCUT2D eigenvalue weighted by Gasteiger charge is -2.61. The number of epoxide rings is 1. The number of aliphatic hydroxyl groups excluding tert-OH is 3. The van der Waals surface area contributed by atoms with Crippen molar-refractivity contribution in [1.29, 1.82) is 0 Å². The Morgan fingerprint density at radius 1 is 1.04 bits per heavy atom. The van der Waals surface area contributed by atoms with E-state index in [0.717, 1.165) is 19.3 Å². The third kappa shape index (κ3) is 4.30. The van der Waals surface area contributed by atoms with Gasteiger partial charge in [0.15, 0.2) is 5.60 Å². The Morgan fingerprint density at radius 2 is 1.73 bits per heavy atom. The number of hydrogen-bond donors (Lipinski definition) is 4. The van der Waals surface area contributed by atoms with Crippen LogP contribution in [-0.2, 0) is 34.5 Å². The molecule has 6 aliphatic rings. The normalized spacial score (nSPS) is 47.0. The van der Waals surface area contributed by atoms with Crippen LogP contribution in [0, 0.1) is 23.7 Å². The lowest BCUT2D eigenvalue weighted by molar-refractivity contribution is -0.442. The van der Waals surface area contributed by atoms with Crippen LogP contribution in [0.2, 0.25) is 0 Å². The molecule has 3 aliphatic carbocycles. The predicted octanol–water partition coefficient (Wildman–Crippen LogP) is 4.03. The van der Waals surface area contributed by atoms with Crippen molar-refractivity contribution in [2.75, 3.05) is 6.61 Å². The molecular formula is C38H52O10. The summed E-state index contributed by atoms with van der Waals surface area (Å²) in [6.45, 7) is 13.3. The number of unbranched alkanes of at least 4 members (excludes halogenated alkanes) is 5. The molecule has 7 rings (SSSR count). The molecule has 1 aromatic rings. The van der Waals surface area contributed by atoms with E-state index in [1.165, 1.54) is 19.3 Å². The Bertz CT molecular complexity index is 1460. The summed E-state index contributed by atoms with van der Waals surface area (Å²) in [6, 6.07) is 9.20. The van der Waals surface area contributed by atoms with Gasteiger partial charge in [-0.15, -0.1) is 0 Å². The van der Waals surface area contributed by atoms with Crippen molar-refractivity contribution >= 4 is 5.97 Å². The third-order valence-electron chi connectivity index (χ3n) is 12.7. The summed E-state index contributed by atoms with van der Waals surface area (Å²) < 4.78 is 34.0. The van der Waals surface area contributed by atoms with Crippen LogP contribution in [0.15, 0.2) is 54.1 Å². The average Bonchev–Trinajstić information content (AvgIpc) is 3.70. The molecule has 10 nitrogen and oxygen atoms in total. The van der Waals surface area contributed by atoms with E-state index in [-0.39, 0.29) is 11.9 Å². The van der Waals surface area contributed by atoms with Gasteiger partial charge >= 0.3 is 11.9 Å². The summed E-state index contributed by atoms with van der Waals surface area (Å²) in [5, 5.41) is 46.8. The maximum Gasteiger partial charge on any atom is 0.314 e. The molecule has 3 heterocycles. The van der Waals surface area contributed by atoms with Gasteiger partial charge in [-0.2, -0.15) is 0 Å². The number of fused-ring (bicyclic) bond motifs is 3. The summed E-state index contributed by atoms with van der Waals surface area (Å²) in [4.78, 5) is 14.0. The first-order valence-electron chi connectivity index (χ1n) is 17.9. The van der Waals surface area contributed by atoms with Crippen molar-refractivity contribution in [3.8, 4) is 0 Å². The third-order valence-corrected chi connectivity index (χ3v) is 12.7. The zero-order valence-corrected chi connectivity index (χ0v) is 28.8. The lowest BCUT2D eigenvalue weighted by atomic mass is 9.53. The Kier molecular flexibility index (Phi) is 8.36. The van der Waals surface area contributed by atoms with E-state index >= 15 is 0 Å². The van der Waals surface area contributed by atoms with E-state index in [9.17, 15) is 25.2 Å². The van der Waals surface area contributed by atoms with Crippen molar-refractivity contribution in [1.82, 2.24) is 0 Å². The van der Waals surface area contributed by atoms with Crippen LogP contribution < -0.4 is 0 Å². The second-order valence-electron chi connectivity index (χ2n) is 15.5. The van der Waals surface area contributed by atoms with Crippen LogP contribution in [0.25, 0.3) is 0 Å². The van der Waals surface area contributed by atoms with E-state index in [4.69, 9.17) is 23.7 Å². The smallest absolute Gasteiger partial charge is 0.314 e. The summed E-state index contributed by atoms with van der Waals surface area (Å²) in [6.07, 6.45) is 3.27. The number of hydrogen-bond acceptors (Lipinski definition) is 10. The summed E-state index contributed by atoms with van der Waals surface area (Å²) in [5.41, 5.74) is -5.10. The Hall–Kier alpha value is -2.15. The standard InChI is InChI=1S/C38H52O10/c1-7-8-9-10-11-13-16-22(4)32(41)44-29-24(6)37-26-19-23(5)28(40)35(26,43)33(42)34(20-39)30(45-34)27(37)31-36(29,21(2)3)47-38(46-31,48-37)25-17-14-12-15-18-25/h12,14-15,17-19,22,24,26-31,33,39-40,42-43H,2,7-11,13,16,20H2,1,3-6H3/t22?,24-,26-,27+,28+,29+,30+,31-,33-,34+,35-,36+,37+,38?/m1/s1. The van der Waals surface area contributed by atoms with Gasteiger partial charge < -0.3 is 44.1 Å². The maximum absolute atomic E-state index is 14.0. The zero-order chi connectivity index (χ0) is 34.4. The quantitative estimate of drug-likeness (QED) is 0.111. The fourth-order valence-electron chi connectivity index (χ4n) is 10.1. The molecule has 0 amide bonds. The van der Waals surface area contributed by atoms with Gasteiger partial charge in [0.2, 0.25) is 0 Å². The monoisotopic (exact) mass is 668 g/mol. The Morgan fingerprint density at radius 3 is 2.40 bits per heavy atom. The van der Waals surface area contributed by atoms with Crippen molar-refractivity contribution < 1.29 is 48.9 Å². The molecule has 0 radical (unpaired) electrons. The van der Waals surface area contributed by atoms with Gasteiger partial charge in [-0.05, 0) is 31.4 Å². The van der Waals surface area contributed by atoms with Crippen molar-refractivity contribution in [3.05, 3.63) is 59.7 Å². The van der Waals surface area contributed by atoms with Crippen LogP contribution >= 0.6 is 0 Å². The zero-order valence-electron chi connectivity index (χ0n) is 28.8. The molecule has 2 unspecified atom stereocenters. The fraction of sp³-hybridized carbons (Fsp3) is 0.711. The molecule has 10 heteroatoms. The summed E-state index contributed by atoms with van der Waals surface area (Å²) in [7, 11) is 0. The molecule has 3 bridgehead atoms. The maximum atomic E-state index is 14.0. The molecule has 264 valence electrons. The van der Waals surface area contributed by atoms with Crippen molar-refractivity contribution in [3.63, 3.8) is 0 Å². The number of carbonyl (C=O) groups is 1. The van der Waals surface area contributed by atoms with Crippen LogP contribution in [0.4, 0.5) is 0 Å². The number of esters is 1. The Balaban J connectivity index is 1.35. The average molecular weight is 669 g/mol. The van der Waals surface area contributed by atoms with E-state index in [1.54, 1.807) is 13.0 Å². The first-order chi connectivity index (χ1) is 22.8. The molecular weight excluding hydrogens is 616 g/mol. The molecule has 4 N–H and O–H groups in total. The molecule has 1 aromatic carbocycles. The first-order valence-corrected chi connectivity index (χ1v) is 17.9. The fourth-order valence-corrected chi connectivity index (χ4v) is 10.1. The molecule has 3 saturated heterocycles. The highest BCUT2D eigenvalue weighted by molar-refractivity contribution is 5.72. The van der Waals surface area contributed by atoms with E-state index in [1.807, 2.05) is 51.1 Å². The highest BCUT2D eigenvalue weighted by Crippen LogP contribution is 2.74. The van der Waals surface area contributed by atoms with Crippen molar-refractivity contribution in [2.24, 2.45) is 23.7 Å². The van der Waals surface area contributed by atoms with E-state index < -0.39 is 83.3 Å². The van der Waals surface area contributed by atoms with Gasteiger partial charge in [-0.3, -0.25) is 4.79 Å². The predicted molar refractivity (Wildman–Crippen MR) is 174 cm³/mol. The number of rotatable bonds is 12. The van der Waals surface area contributed by atoms with Crippen LogP contribution in [0.1, 0.15) is 85.1 Å². The SMILES string of the molecule is C=C(C)[C@@]12OC3(c4ccccc4)O[C@@H]1[C@@H]1[C@@H]4O[C@]4(CO)[C@@H](O)[C@@]4(O)[C@@H](C=C(C)[C@@H]4O)[C@@]1(O3)[C@H](C)[C@@H]2OC(=O)C(C)CCCCCCCC. The largest absolute Gasteiger partial charge is 0.458 e. The minimum atomic E-state index is -2.21. The highest BCUT2D eigenvalue weighted by Gasteiger charge is 2.90. The van der Waals surface area contributed by atoms with Gasteiger partial charge in [0, 0.05) is 23.3 Å². The van der Waals surface area contributed by atoms with Gasteiger partial charge in [-0.25, -0.2) is 0 Å². The van der Waals surface area contributed by atoms with Gasteiger partial charge in [0.1, 0.15) is 41.7 Å². The van der Waals surface area contributed by atoms with Gasteiger partial charge in [0.25, 0.3) is 0 Å². The minimum absolute atomic E-state index is 0.370. The molecule has 0 spiro atoms. The number of benzene rings is 1. The number of ether oxygens (including phenoxy) is 5. The molecule has 5 fully saturated rings. The topological polar surface area (TPSA) is 147 Å². The second-order valence-corrected chi connectivity index (χ2v) is 15.5. The summed E-state index contributed by atoms with van der Waals surface area (Å²) >= 11 is 0. The Labute approximate surface area is 283 Å². The highest BCUT2D eigenvalue weighted by atomic mass is 16.9. The first kappa shape index (κ1) is 34.3. The van der Waals surface area contributed by atoms with Gasteiger partial charge in [0.05, 0.1) is 18.1 Å². The van der Waals surface area contributed by atoms with Crippen molar-refractivity contribution in [2.45, 2.75) is 138 Å². The minimum Gasteiger partial charge on any atom is -0.458 e. The van der Waals surface area contributed by atoms with Gasteiger partial charge in [-0.1, -0.05) is 102 Å². The molecule has 2 saturated carbocycles. The van der Waals surface area contributed by atoms with Crippen LogP contribution in [0.3, 0.4) is 0 Å². The molecule has 48 heavy (non-hydrogen) atoms. The van der Waals surface area contributed by atoms with Crippen LogP contribution in [-0.4, -0.2) is 85.9 Å².